The molecule has 0 aromatic rings. The van der Waals surface area contributed by atoms with E-state index in [9.17, 15) is 44.6 Å². The van der Waals surface area contributed by atoms with Gasteiger partial charge in [-0.05, 0) is 93.3 Å². The Balaban J connectivity index is 0.000000237. The summed E-state index contributed by atoms with van der Waals surface area (Å²) in [5.74, 6) is 0.0612. The topological polar surface area (TPSA) is 29.5 Å². The van der Waals surface area contributed by atoms with E-state index in [1.807, 2.05) is 13.8 Å². The standard InChI is InChI=1S/C13H18F6O.C9H13F3.C5H12O/c1-6-7(2)10-4-8(6)3-9(10)5-11(20,12(14,15)16)13(17,18)19;1-8(9(10,11)12)5-6-2-3-7(8)4-6;1-4-5(2)6-3/h6-10,20H,3-5H2,1-2H3;6-7H,2-5H2,1H3;5H,4H2,1-3H3. The summed E-state index contributed by atoms with van der Waals surface area (Å²) in [4.78, 5) is 0. The molecule has 4 bridgehead atoms. The monoisotopic (exact) mass is 570 g/mol. The van der Waals surface area contributed by atoms with E-state index in [0.29, 0.717) is 37.2 Å². The van der Waals surface area contributed by atoms with Crippen molar-refractivity contribution < 1.29 is 49.4 Å². The lowest BCUT2D eigenvalue weighted by atomic mass is 9.72. The number of rotatable bonds is 4. The van der Waals surface area contributed by atoms with Crippen molar-refractivity contribution >= 4 is 0 Å². The van der Waals surface area contributed by atoms with Crippen LogP contribution in [0.2, 0.25) is 0 Å². The summed E-state index contributed by atoms with van der Waals surface area (Å²) in [7, 11) is 1.73. The molecule has 11 heteroatoms. The summed E-state index contributed by atoms with van der Waals surface area (Å²) in [6, 6.07) is 0. The van der Waals surface area contributed by atoms with E-state index >= 15 is 0 Å². The molecule has 0 aromatic carbocycles. The summed E-state index contributed by atoms with van der Waals surface area (Å²) < 4.78 is 119. The summed E-state index contributed by atoms with van der Waals surface area (Å²) >= 11 is 0. The fourth-order valence-corrected chi connectivity index (χ4v) is 7.22. The Kier molecular flexibility index (Phi) is 10.3. The molecule has 4 saturated carbocycles. The summed E-state index contributed by atoms with van der Waals surface area (Å²) in [6.07, 6.45) is -11.0. The minimum atomic E-state index is -5.69. The minimum Gasteiger partial charge on any atom is -0.382 e. The normalized spacial score (nSPS) is 37.4. The van der Waals surface area contributed by atoms with Crippen molar-refractivity contribution in [1.82, 2.24) is 0 Å². The highest BCUT2D eigenvalue weighted by molar-refractivity contribution is 5.04. The van der Waals surface area contributed by atoms with Crippen LogP contribution >= 0.6 is 0 Å². The fourth-order valence-electron chi connectivity index (χ4n) is 7.22. The molecule has 0 aliphatic heterocycles. The van der Waals surface area contributed by atoms with Crippen LogP contribution in [-0.2, 0) is 4.74 Å². The second kappa shape index (κ2) is 11.6. The summed E-state index contributed by atoms with van der Waals surface area (Å²) in [5, 5.41) is 9.28. The number of halogens is 9. The van der Waals surface area contributed by atoms with Gasteiger partial charge in [0.2, 0.25) is 0 Å². The van der Waals surface area contributed by atoms with Gasteiger partial charge in [-0.1, -0.05) is 34.1 Å². The van der Waals surface area contributed by atoms with Gasteiger partial charge >= 0.3 is 18.5 Å². The van der Waals surface area contributed by atoms with E-state index in [4.69, 9.17) is 4.74 Å². The summed E-state index contributed by atoms with van der Waals surface area (Å²) in [5.41, 5.74) is -5.94. The molecule has 9 unspecified atom stereocenters. The molecule has 4 aliphatic rings. The van der Waals surface area contributed by atoms with Crippen LogP contribution in [0.1, 0.15) is 86.0 Å². The van der Waals surface area contributed by atoms with Crippen molar-refractivity contribution in [3.05, 3.63) is 0 Å². The Morgan fingerprint density at radius 3 is 1.71 bits per heavy atom. The highest BCUT2D eigenvalue weighted by Crippen LogP contribution is 2.62. The first-order valence-electron chi connectivity index (χ1n) is 13.6. The Morgan fingerprint density at radius 1 is 0.895 bits per heavy atom. The largest absolute Gasteiger partial charge is 0.426 e. The summed E-state index contributed by atoms with van der Waals surface area (Å²) in [6.45, 7) is 9.43. The molecule has 38 heavy (non-hydrogen) atoms. The number of hydrogen-bond acceptors (Lipinski definition) is 2. The number of hydrogen-bond donors (Lipinski definition) is 1. The van der Waals surface area contributed by atoms with E-state index in [1.165, 1.54) is 6.92 Å². The molecular formula is C27H43F9O2. The molecule has 4 rings (SSSR count). The predicted molar refractivity (Wildman–Crippen MR) is 126 cm³/mol. The molecular weight excluding hydrogens is 527 g/mol. The zero-order valence-corrected chi connectivity index (χ0v) is 23.0. The van der Waals surface area contributed by atoms with Crippen LogP contribution in [0.3, 0.4) is 0 Å². The van der Waals surface area contributed by atoms with Gasteiger partial charge in [-0.2, -0.15) is 39.5 Å². The first-order chi connectivity index (χ1) is 17.1. The number of fused-ring (bicyclic) bond motifs is 4. The van der Waals surface area contributed by atoms with Crippen LogP contribution in [0.15, 0.2) is 0 Å². The molecule has 2 nitrogen and oxygen atoms in total. The van der Waals surface area contributed by atoms with Gasteiger partial charge in [0.1, 0.15) is 0 Å². The minimum absolute atomic E-state index is 0.0810. The Labute approximate surface area is 220 Å². The zero-order chi connectivity index (χ0) is 29.5. The maximum atomic E-state index is 12.7. The van der Waals surface area contributed by atoms with Crippen molar-refractivity contribution in [1.29, 1.82) is 0 Å². The van der Waals surface area contributed by atoms with Gasteiger partial charge in [0, 0.05) is 7.11 Å². The quantitative estimate of drug-likeness (QED) is 0.342. The van der Waals surface area contributed by atoms with Crippen LogP contribution < -0.4 is 0 Å². The van der Waals surface area contributed by atoms with Gasteiger partial charge in [0.15, 0.2) is 0 Å². The lowest BCUT2D eigenvalue weighted by Crippen LogP contribution is -2.58. The zero-order valence-electron chi connectivity index (χ0n) is 23.0. The van der Waals surface area contributed by atoms with E-state index in [1.54, 1.807) is 7.11 Å². The van der Waals surface area contributed by atoms with Gasteiger partial charge in [0.25, 0.3) is 5.60 Å². The second-order valence-corrected chi connectivity index (χ2v) is 12.4. The molecule has 0 radical (unpaired) electrons. The molecule has 4 aliphatic carbocycles. The Hall–Kier alpha value is -0.710. The molecule has 1 N–H and O–H groups in total. The predicted octanol–water partition coefficient (Wildman–Crippen LogP) is 8.97. The first-order valence-corrected chi connectivity index (χ1v) is 13.6. The van der Waals surface area contributed by atoms with Crippen molar-refractivity contribution in [2.45, 2.75) is 116 Å². The highest BCUT2D eigenvalue weighted by atomic mass is 19.4. The molecule has 0 amide bonds. The van der Waals surface area contributed by atoms with Crippen molar-refractivity contribution in [2.24, 2.45) is 46.8 Å². The van der Waals surface area contributed by atoms with E-state index < -0.39 is 41.9 Å². The average molecular weight is 571 g/mol. The molecule has 0 spiro atoms. The molecule has 0 heterocycles. The number of methoxy groups -OCH3 is 1. The second-order valence-electron chi connectivity index (χ2n) is 12.4. The van der Waals surface area contributed by atoms with E-state index in [2.05, 4.69) is 13.8 Å². The van der Waals surface area contributed by atoms with Gasteiger partial charge in [0.05, 0.1) is 11.5 Å². The first kappa shape index (κ1) is 33.5. The molecule has 4 fully saturated rings. The third-order valence-electron chi connectivity index (χ3n) is 10.3. The number of aliphatic hydroxyl groups is 1. The molecule has 0 aromatic heterocycles. The third-order valence-corrected chi connectivity index (χ3v) is 10.3. The van der Waals surface area contributed by atoms with Crippen LogP contribution in [0, 0.1) is 46.8 Å². The third kappa shape index (κ3) is 6.60. The number of ether oxygens (including phenoxy) is 1. The lowest BCUT2D eigenvalue weighted by Gasteiger charge is -2.39. The average Bonchev–Trinajstić information content (AvgIpc) is 3.55. The maximum Gasteiger partial charge on any atom is 0.426 e. The van der Waals surface area contributed by atoms with Crippen molar-refractivity contribution in [3.63, 3.8) is 0 Å². The van der Waals surface area contributed by atoms with E-state index in [-0.39, 0.29) is 23.7 Å². The molecule has 0 saturated heterocycles. The van der Waals surface area contributed by atoms with Crippen LogP contribution in [0.25, 0.3) is 0 Å². The smallest absolute Gasteiger partial charge is 0.382 e. The van der Waals surface area contributed by atoms with Crippen LogP contribution in [0.5, 0.6) is 0 Å². The Bertz CT molecular complexity index is 743. The van der Waals surface area contributed by atoms with Crippen molar-refractivity contribution in [3.8, 4) is 0 Å². The molecule has 226 valence electrons. The van der Waals surface area contributed by atoms with E-state index in [0.717, 1.165) is 25.7 Å². The van der Waals surface area contributed by atoms with Crippen LogP contribution in [0.4, 0.5) is 39.5 Å². The van der Waals surface area contributed by atoms with Gasteiger partial charge in [-0.25, -0.2) is 0 Å². The van der Waals surface area contributed by atoms with Gasteiger partial charge in [-0.15, -0.1) is 0 Å². The molecule has 9 atom stereocenters. The van der Waals surface area contributed by atoms with Crippen molar-refractivity contribution in [2.75, 3.05) is 7.11 Å². The SMILES string of the molecule is CC1(C(F)(F)F)CC2CCC1C2.CC1C2CC(CC(O)(C(F)(F)F)C(F)(F)F)C(C2)C1C.CCC(C)OC. The number of alkyl halides is 9. The fraction of sp³-hybridized carbons (Fsp3) is 1.00. The van der Waals surface area contributed by atoms with Gasteiger partial charge in [-0.3, -0.25) is 0 Å². The maximum absolute atomic E-state index is 12.7. The van der Waals surface area contributed by atoms with Crippen LogP contribution in [-0.4, -0.2) is 42.5 Å². The lowest BCUT2D eigenvalue weighted by molar-refractivity contribution is -0.373. The Morgan fingerprint density at radius 2 is 1.45 bits per heavy atom. The van der Waals surface area contributed by atoms with Gasteiger partial charge < -0.3 is 9.84 Å². The highest BCUT2D eigenvalue weighted by Gasteiger charge is 2.71.